The van der Waals surface area contributed by atoms with Gasteiger partial charge in [0.15, 0.2) is 11.3 Å². The van der Waals surface area contributed by atoms with Gasteiger partial charge in [-0.2, -0.15) is 13.2 Å². The van der Waals surface area contributed by atoms with Crippen LogP contribution < -0.4 is 0 Å². The van der Waals surface area contributed by atoms with Gasteiger partial charge in [0, 0.05) is 25.2 Å². The van der Waals surface area contributed by atoms with Crippen LogP contribution in [0.2, 0.25) is 0 Å². The summed E-state index contributed by atoms with van der Waals surface area (Å²) in [7, 11) is -4.01. The van der Waals surface area contributed by atoms with E-state index in [1.807, 2.05) is 17.4 Å². The molecule has 28 heavy (non-hydrogen) atoms. The highest BCUT2D eigenvalue weighted by molar-refractivity contribution is 7.89. The molecule has 3 aromatic rings. The van der Waals surface area contributed by atoms with Crippen LogP contribution in [0.4, 0.5) is 13.2 Å². The molecule has 1 aliphatic heterocycles. The summed E-state index contributed by atoms with van der Waals surface area (Å²) in [5.74, 6) is -0.662. The van der Waals surface area contributed by atoms with Gasteiger partial charge in [0.05, 0.1) is 23.9 Å². The Balaban J connectivity index is 1.67. The topological polar surface area (TPSA) is 96.2 Å². The number of nitrogens with zero attached hydrogens (tertiary/aromatic N) is 5. The minimum absolute atomic E-state index is 0.0600. The second kappa shape index (κ2) is 6.69. The Labute approximate surface area is 158 Å². The molecule has 2 atom stereocenters. The van der Waals surface area contributed by atoms with Crippen molar-refractivity contribution in [2.45, 2.75) is 31.9 Å². The maximum Gasteiger partial charge on any atom is 0.390 e. The monoisotopic (exact) mass is 416 g/mol. The second-order valence-corrected chi connectivity index (χ2v) is 9.08. The van der Waals surface area contributed by atoms with Crippen molar-refractivity contribution in [3.05, 3.63) is 24.3 Å². The highest BCUT2D eigenvalue weighted by Crippen LogP contribution is 2.36. The lowest BCUT2D eigenvalue weighted by Gasteiger charge is -2.17. The highest BCUT2D eigenvalue weighted by Gasteiger charge is 2.42. The Morgan fingerprint density at radius 2 is 2.07 bits per heavy atom. The van der Waals surface area contributed by atoms with Gasteiger partial charge in [-0.25, -0.2) is 17.7 Å². The van der Waals surface area contributed by atoms with E-state index >= 15 is 0 Å². The molecule has 1 aliphatic rings. The maximum absolute atomic E-state index is 12.5. The summed E-state index contributed by atoms with van der Waals surface area (Å²) in [5, 5.41) is 8.40. The molecule has 12 heteroatoms. The molecule has 4 rings (SSSR count). The number of sulfonamides is 1. The smallest absolute Gasteiger partial charge is 0.345 e. The van der Waals surface area contributed by atoms with Gasteiger partial charge in [0.25, 0.3) is 0 Å². The van der Waals surface area contributed by atoms with Gasteiger partial charge in [0.1, 0.15) is 5.82 Å². The molecule has 152 valence electrons. The third-order valence-corrected chi connectivity index (χ3v) is 7.07. The number of rotatable bonds is 5. The number of alkyl halides is 3. The lowest BCUT2D eigenvalue weighted by atomic mass is 9.93. The predicted octanol–water partition coefficient (Wildman–Crippen LogP) is 2.31. The lowest BCUT2D eigenvalue weighted by molar-refractivity contribution is -0.130. The van der Waals surface area contributed by atoms with Crippen LogP contribution in [0.3, 0.4) is 0 Å². The minimum atomic E-state index is -4.51. The van der Waals surface area contributed by atoms with E-state index in [-0.39, 0.29) is 24.9 Å². The molecule has 8 nitrogen and oxygen atoms in total. The third-order valence-electron chi connectivity index (χ3n) is 5.27. The third kappa shape index (κ3) is 3.34. The molecule has 0 bridgehead atoms. The van der Waals surface area contributed by atoms with Gasteiger partial charge < -0.3 is 4.98 Å². The Morgan fingerprint density at radius 3 is 2.79 bits per heavy atom. The molecule has 0 saturated carbocycles. The largest absolute Gasteiger partial charge is 0.390 e. The number of nitrogens with one attached hydrogen (secondary N) is 1. The lowest BCUT2D eigenvalue weighted by Crippen LogP contribution is -2.33. The molecule has 1 N–H and O–H groups in total. The van der Waals surface area contributed by atoms with Crippen LogP contribution in [0.5, 0.6) is 0 Å². The first kappa shape index (κ1) is 19.1. The normalized spacial score (nSPS) is 21.9. The first-order valence-corrected chi connectivity index (χ1v) is 10.5. The van der Waals surface area contributed by atoms with Crippen molar-refractivity contribution in [1.29, 1.82) is 0 Å². The van der Waals surface area contributed by atoms with Crippen molar-refractivity contribution < 1.29 is 21.6 Å². The predicted molar refractivity (Wildman–Crippen MR) is 95.2 cm³/mol. The van der Waals surface area contributed by atoms with Gasteiger partial charge in [-0.1, -0.05) is 13.3 Å². The van der Waals surface area contributed by atoms with Crippen LogP contribution in [0, 0.1) is 5.92 Å². The van der Waals surface area contributed by atoms with E-state index in [0.717, 1.165) is 9.82 Å². The van der Waals surface area contributed by atoms with Gasteiger partial charge >= 0.3 is 6.18 Å². The maximum atomic E-state index is 12.5. The summed E-state index contributed by atoms with van der Waals surface area (Å²) in [4.78, 5) is 7.27. The fourth-order valence-corrected chi connectivity index (χ4v) is 5.33. The number of halogens is 3. The summed E-state index contributed by atoms with van der Waals surface area (Å²) in [6.07, 6.45) is -1.88. The molecule has 2 unspecified atom stereocenters. The first-order valence-electron chi connectivity index (χ1n) is 8.91. The summed E-state index contributed by atoms with van der Waals surface area (Å²) >= 11 is 0. The Hall–Kier alpha value is -2.21. The molecule has 0 aliphatic carbocycles. The van der Waals surface area contributed by atoms with Crippen molar-refractivity contribution in [3.8, 4) is 0 Å². The van der Waals surface area contributed by atoms with E-state index < -0.39 is 28.4 Å². The standard InChI is InChI=1S/C16H19F3N6O2S/c1-2-10-8-24(28(26,27)6-4-16(17,18)19)9-11(10)15-23-22-13-7-21-14-12(25(13)15)3-5-20-14/h3,5,7,10-11,20H,2,4,6,8-9H2,1H3. The fraction of sp³-hybridized carbons (Fsp3) is 0.562. The Morgan fingerprint density at radius 1 is 1.29 bits per heavy atom. The van der Waals surface area contributed by atoms with E-state index in [4.69, 9.17) is 0 Å². The van der Waals surface area contributed by atoms with Crippen molar-refractivity contribution in [2.24, 2.45) is 5.92 Å². The van der Waals surface area contributed by atoms with Crippen molar-refractivity contribution in [2.75, 3.05) is 18.8 Å². The van der Waals surface area contributed by atoms with Crippen molar-refractivity contribution in [1.82, 2.24) is 28.9 Å². The van der Waals surface area contributed by atoms with Crippen LogP contribution in [0.1, 0.15) is 31.5 Å². The molecule has 0 amide bonds. The molecular weight excluding hydrogens is 397 g/mol. The minimum Gasteiger partial charge on any atom is -0.345 e. The molecule has 3 aromatic heterocycles. The summed E-state index contributed by atoms with van der Waals surface area (Å²) in [5.41, 5.74) is 1.95. The summed E-state index contributed by atoms with van der Waals surface area (Å²) in [6, 6.07) is 1.83. The SMILES string of the molecule is CCC1CN(S(=O)(=O)CCC(F)(F)F)CC1c1nnc2cnc3[nH]ccc3n12. The molecule has 1 saturated heterocycles. The van der Waals surface area contributed by atoms with E-state index in [1.165, 1.54) is 0 Å². The Bertz CT molecular complexity index is 1110. The van der Waals surface area contributed by atoms with Crippen molar-refractivity contribution >= 4 is 26.8 Å². The zero-order valence-corrected chi connectivity index (χ0v) is 15.8. The second-order valence-electron chi connectivity index (χ2n) is 6.99. The zero-order valence-electron chi connectivity index (χ0n) is 15.0. The van der Waals surface area contributed by atoms with E-state index in [1.54, 1.807) is 12.4 Å². The molecule has 0 radical (unpaired) electrons. The van der Waals surface area contributed by atoms with Gasteiger partial charge in [-0.3, -0.25) is 4.40 Å². The number of H-pyrrole nitrogens is 1. The first-order chi connectivity index (χ1) is 13.2. The molecule has 0 aromatic carbocycles. The van der Waals surface area contributed by atoms with Gasteiger partial charge in [0.2, 0.25) is 10.0 Å². The van der Waals surface area contributed by atoms with Gasteiger partial charge in [-0.05, 0) is 12.0 Å². The van der Waals surface area contributed by atoms with Crippen molar-refractivity contribution in [3.63, 3.8) is 0 Å². The number of hydrogen-bond donors (Lipinski definition) is 1. The van der Waals surface area contributed by atoms with E-state index in [2.05, 4.69) is 20.2 Å². The molecule has 1 fully saturated rings. The van der Waals surface area contributed by atoms with E-state index in [0.29, 0.717) is 23.5 Å². The van der Waals surface area contributed by atoms with E-state index in [9.17, 15) is 21.6 Å². The average molecular weight is 416 g/mol. The Kier molecular flexibility index (Phi) is 4.57. The van der Waals surface area contributed by atoms with Crippen LogP contribution in [-0.4, -0.2) is 62.3 Å². The van der Waals surface area contributed by atoms with Crippen LogP contribution >= 0.6 is 0 Å². The highest BCUT2D eigenvalue weighted by atomic mass is 32.2. The molecule has 0 spiro atoms. The summed E-state index contributed by atoms with van der Waals surface area (Å²) < 4.78 is 65.4. The number of aromatic amines is 1. The van der Waals surface area contributed by atoms with Crippen LogP contribution in [-0.2, 0) is 10.0 Å². The quantitative estimate of drug-likeness (QED) is 0.689. The molecule has 4 heterocycles. The van der Waals surface area contributed by atoms with Crippen LogP contribution in [0.15, 0.2) is 18.5 Å². The fourth-order valence-electron chi connectivity index (χ4n) is 3.78. The zero-order chi connectivity index (χ0) is 20.1. The van der Waals surface area contributed by atoms with Crippen LogP contribution in [0.25, 0.3) is 16.8 Å². The molecular formula is C16H19F3N6O2S. The number of aromatic nitrogens is 5. The summed E-state index contributed by atoms with van der Waals surface area (Å²) in [6.45, 7) is 2.20. The van der Waals surface area contributed by atoms with Gasteiger partial charge in [-0.15, -0.1) is 10.2 Å². The number of hydrogen-bond acceptors (Lipinski definition) is 5. The average Bonchev–Trinajstić information content (AvgIpc) is 3.34. The number of fused-ring (bicyclic) bond motifs is 3.